The number of aromatic nitrogens is 2. The van der Waals surface area contributed by atoms with Crippen LogP contribution < -0.4 is 4.90 Å². The number of benzene rings is 1. The average molecular weight is 312 g/mol. The molecule has 18 heavy (non-hydrogen) atoms. The van der Waals surface area contributed by atoms with E-state index in [-0.39, 0.29) is 5.82 Å². The predicted molar refractivity (Wildman–Crippen MR) is 74.3 cm³/mol. The maximum Gasteiger partial charge on any atom is 0.129 e. The number of rotatable bonds is 4. The molecular formula is C13H15BrFN3. The predicted octanol–water partition coefficient (Wildman–Crippen LogP) is 3.09. The van der Waals surface area contributed by atoms with Crippen LogP contribution in [0.2, 0.25) is 0 Å². The molecule has 96 valence electrons. The van der Waals surface area contributed by atoms with Gasteiger partial charge < -0.3 is 4.90 Å². The summed E-state index contributed by atoms with van der Waals surface area (Å²) in [5, 5.41) is 4.64. The van der Waals surface area contributed by atoms with Crippen molar-refractivity contribution in [3.8, 4) is 0 Å². The third kappa shape index (κ3) is 2.72. The fourth-order valence-corrected chi connectivity index (χ4v) is 2.50. The van der Waals surface area contributed by atoms with Crippen molar-refractivity contribution in [2.45, 2.75) is 11.9 Å². The Morgan fingerprint density at radius 3 is 2.83 bits per heavy atom. The second-order valence-corrected chi connectivity index (χ2v) is 4.81. The zero-order valence-corrected chi connectivity index (χ0v) is 12.0. The minimum atomic E-state index is -0.178. The van der Waals surface area contributed by atoms with Gasteiger partial charge in [0.15, 0.2) is 0 Å². The van der Waals surface area contributed by atoms with Gasteiger partial charge in [-0.15, -0.1) is 0 Å². The third-order valence-electron chi connectivity index (χ3n) is 2.82. The summed E-state index contributed by atoms with van der Waals surface area (Å²) < 4.78 is 15.4. The van der Waals surface area contributed by atoms with Gasteiger partial charge in [-0.1, -0.05) is 22.0 Å². The van der Waals surface area contributed by atoms with Gasteiger partial charge in [0.05, 0.1) is 6.20 Å². The van der Waals surface area contributed by atoms with Crippen LogP contribution in [0.1, 0.15) is 11.1 Å². The molecule has 2 aromatic rings. The van der Waals surface area contributed by atoms with E-state index in [1.54, 1.807) is 10.7 Å². The van der Waals surface area contributed by atoms with Gasteiger partial charge in [-0.05, 0) is 12.1 Å². The van der Waals surface area contributed by atoms with Gasteiger partial charge in [-0.2, -0.15) is 5.10 Å². The van der Waals surface area contributed by atoms with Crippen molar-refractivity contribution in [2.24, 2.45) is 7.05 Å². The number of alkyl halides is 1. The molecule has 1 aromatic carbocycles. The van der Waals surface area contributed by atoms with E-state index in [0.717, 1.165) is 11.3 Å². The summed E-state index contributed by atoms with van der Waals surface area (Å²) in [6.07, 6.45) is 3.78. The highest BCUT2D eigenvalue weighted by atomic mass is 79.9. The number of nitrogens with zero attached hydrogens (tertiary/aromatic N) is 3. The molecule has 0 unspecified atom stereocenters. The number of aryl methyl sites for hydroxylation is 1. The van der Waals surface area contributed by atoms with Crippen molar-refractivity contribution < 1.29 is 4.39 Å². The largest absolute Gasteiger partial charge is 0.370 e. The molecule has 5 heteroatoms. The molecule has 0 N–H and O–H groups in total. The lowest BCUT2D eigenvalue weighted by molar-refractivity contribution is 0.616. The maximum absolute atomic E-state index is 13.7. The first-order valence-corrected chi connectivity index (χ1v) is 6.76. The van der Waals surface area contributed by atoms with Crippen LogP contribution in [0.25, 0.3) is 0 Å². The summed E-state index contributed by atoms with van der Waals surface area (Å²) in [6, 6.07) is 5.14. The minimum absolute atomic E-state index is 0.178. The van der Waals surface area contributed by atoms with E-state index < -0.39 is 0 Å². The van der Waals surface area contributed by atoms with Gasteiger partial charge in [-0.3, -0.25) is 4.68 Å². The molecule has 0 saturated heterocycles. The Balaban J connectivity index is 2.23. The van der Waals surface area contributed by atoms with Crippen LogP contribution in [0.3, 0.4) is 0 Å². The van der Waals surface area contributed by atoms with Crippen molar-refractivity contribution in [3.05, 3.63) is 47.5 Å². The normalized spacial score (nSPS) is 10.7. The quantitative estimate of drug-likeness (QED) is 0.809. The molecule has 3 nitrogen and oxygen atoms in total. The minimum Gasteiger partial charge on any atom is -0.370 e. The van der Waals surface area contributed by atoms with Crippen LogP contribution >= 0.6 is 15.9 Å². The Kier molecular flexibility index (Phi) is 4.01. The smallest absolute Gasteiger partial charge is 0.129 e. The summed E-state index contributed by atoms with van der Waals surface area (Å²) in [5.41, 5.74) is 2.68. The van der Waals surface area contributed by atoms with Crippen LogP contribution in [0, 0.1) is 5.82 Å². The molecular weight excluding hydrogens is 297 g/mol. The number of hydrogen-bond acceptors (Lipinski definition) is 2. The van der Waals surface area contributed by atoms with Gasteiger partial charge in [0.1, 0.15) is 5.82 Å². The summed E-state index contributed by atoms with van der Waals surface area (Å²) >= 11 is 3.33. The molecule has 0 aliphatic rings. The molecule has 1 aromatic heterocycles. The van der Waals surface area contributed by atoms with Crippen LogP contribution in [-0.4, -0.2) is 16.8 Å². The van der Waals surface area contributed by atoms with Crippen LogP contribution in [0.5, 0.6) is 0 Å². The molecule has 2 rings (SSSR count). The monoisotopic (exact) mass is 311 g/mol. The lowest BCUT2D eigenvalue weighted by atomic mass is 10.1. The fraction of sp³-hybridized carbons (Fsp3) is 0.308. The first kappa shape index (κ1) is 13.1. The first-order chi connectivity index (χ1) is 8.61. The number of halogens is 2. The Hall–Kier alpha value is -1.36. The summed E-state index contributed by atoms with van der Waals surface area (Å²) in [5.74, 6) is -0.178. The van der Waals surface area contributed by atoms with E-state index in [0.29, 0.717) is 17.4 Å². The van der Waals surface area contributed by atoms with Gasteiger partial charge in [0, 0.05) is 49.0 Å². The van der Waals surface area contributed by atoms with E-state index >= 15 is 0 Å². The zero-order valence-electron chi connectivity index (χ0n) is 10.4. The first-order valence-electron chi connectivity index (χ1n) is 5.64. The molecule has 0 atom stereocenters. The highest BCUT2D eigenvalue weighted by Crippen LogP contribution is 2.25. The van der Waals surface area contributed by atoms with Gasteiger partial charge in [0.25, 0.3) is 0 Å². The topological polar surface area (TPSA) is 21.1 Å². The SMILES string of the molecule is CN(Cc1cnn(C)c1)c1cccc(F)c1CBr. The number of hydrogen-bond donors (Lipinski definition) is 0. The molecule has 0 aliphatic carbocycles. The second kappa shape index (κ2) is 5.52. The second-order valence-electron chi connectivity index (χ2n) is 4.25. The Labute approximate surface area is 114 Å². The highest BCUT2D eigenvalue weighted by molar-refractivity contribution is 9.08. The summed E-state index contributed by atoms with van der Waals surface area (Å²) in [4.78, 5) is 2.02. The molecule has 0 radical (unpaired) electrons. The summed E-state index contributed by atoms with van der Waals surface area (Å²) in [7, 11) is 3.84. The Morgan fingerprint density at radius 1 is 1.44 bits per heavy atom. The van der Waals surface area contributed by atoms with Crippen molar-refractivity contribution in [1.82, 2.24) is 9.78 Å². The van der Waals surface area contributed by atoms with Crippen LogP contribution in [0.4, 0.5) is 10.1 Å². The Morgan fingerprint density at radius 2 is 2.22 bits per heavy atom. The maximum atomic E-state index is 13.7. The lowest BCUT2D eigenvalue weighted by Crippen LogP contribution is -2.18. The van der Waals surface area contributed by atoms with Crippen LogP contribution in [-0.2, 0) is 18.9 Å². The van der Waals surface area contributed by atoms with E-state index in [1.165, 1.54) is 6.07 Å². The lowest BCUT2D eigenvalue weighted by Gasteiger charge is -2.21. The van der Waals surface area contributed by atoms with Gasteiger partial charge in [0.2, 0.25) is 0 Å². The zero-order chi connectivity index (χ0) is 13.1. The molecule has 0 bridgehead atoms. The van der Waals surface area contributed by atoms with Crippen molar-refractivity contribution >= 4 is 21.6 Å². The van der Waals surface area contributed by atoms with Crippen LogP contribution in [0.15, 0.2) is 30.6 Å². The highest BCUT2D eigenvalue weighted by Gasteiger charge is 2.11. The van der Waals surface area contributed by atoms with Crippen molar-refractivity contribution in [1.29, 1.82) is 0 Å². The molecule has 0 spiro atoms. The fourth-order valence-electron chi connectivity index (χ4n) is 1.95. The molecule has 1 heterocycles. The Bertz CT molecular complexity index is 539. The van der Waals surface area contributed by atoms with Gasteiger partial charge >= 0.3 is 0 Å². The molecule has 0 aliphatic heterocycles. The standard InChI is InChI=1S/C13H15BrFN3/c1-17(8-10-7-16-18(2)9-10)13-5-3-4-12(15)11(13)6-14/h3-5,7,9H,6,8H2,1-2H3. The molecule has 0 saturated carbocycles. The molecule has 0 fully saturated rings. The molecule has 0 amide bonds. The number of anilines is 1. The van der Waals surface area contributed by atoms with E-state index in [9.17, 15) is 4.39 Å². The van der Waals surface area contributed by atoms with E-state index in [2.05, 4.69) is 21.0 Å². The van der Waals surface area contributed by atoms with E-state index in [4.69, 9.17) is 0 Å². The van der Waals surface area contributed by atoms with Crippen molar-refractivity contribution in [2.75, 3.05) is 11.9 Å². The van der Waals surface area contributed by atoms with Crippen molar-refractivity contribution in [3.63, 3.8) is 0 Å². The third-order valence-corrected chi connectivity index (χ3v) is 3.38. The van der Waals surface area contributed by atoms with E-state index in [1.807, 2.05) is 37.5 Å². The van der Waals surface area contributed by atoms with Gasteiger partial charge in [-0.25, -0.2) is 4.39 Å². The average Bonchev–Trinajstić information content (AvgIpc) is 2.74. The summed E-state index contributed by atoms with van der Waals surface area (Å²) in [6.45, 7) is 0.706.